The largest absolute Gasteiger partial charge is 0.493 e. The first-order chi connectivity index (χ1) is 15.0. The molecule has 0 aliphatic carbocycles. The summed E-state index contributed by atoms with van der Waals surface area (Å²) in [5, 5.41) is 0. The van der Waals surface area contributed by atoms with Crippen molar-refractivity contribution in [2.45, 2.75) is 13.8 Å². The molecule has 1 heterocycles. The van der Waals surface area contributed by atoms with Gasteiger partial charge in [0, 0.05) is 5.56 Å². The van der Waals surface area contributed by atoms with Crippen LogP contribution in [0.15, 0.2) is 41.0 Å². The van der Waals surface area contributed by atoms with Crippen LogP contribution in [0.3, 0.4) is 0 Å². The summed E-state index contributed by atoms with van der Waals surface area (Å²) in [6.45, 7) is 4.76. The van der Waals surface area contributed by atoms with Gasteiger partial charge in [0.2, 0.25) is 11.6 Å². The van der Waals surface area contributed by atoms with Crippen LogP contribution in [0.4, 0.5) is 0 Å². The van der Waals surface area contributed by atoms with Gasteiger partial charge in [-0.1, -0.05) is 0 Å². The van der Waals surface area contributed by atoms with Gasteiger partial charge in [-0.05, 0) is 55.8 Å². The molecule has 0 saturated heterocycles. The van der Waals surface area contributed by atoms with Gasteiger partial charge in [-0.3, -0.25) is 0 Å². The third-order valence-electron chi connectivity index (χ3n) is 4.40. The Hall–Kier alpha value is -3.68. The van der Waals surface area contributed by atoms with Gasteiger partial charge in [-0.15, -0.1) is 0 Å². The molecular weight excluding hydrogens is 402 g/mol. The van der Waals surface area contributed by atoms with E-state index in [9.17, 15) is 4.79 Å². The van der Waals surface area contributed by atoms with Gasteiger partial charge in [0.1, 0.15) is 0 Å². The molecule has 0 spiro atoms. The zero-order chi connectivity index (χ0) is 22.4. The zero-order valence-corrected chi connectivity index (χ0v) is 18.2. The first kappa shape index (κ1) is 22.0. The van der Waals surface area contributed by atoms with Gasteiger partial charge in [-0.25, -0.2) is 9.79 Å². The zero-order valence-electron chi connectivity index (χ0n) is 18.2. The normalized spacial score (nSPS) is 14.2. The lowest BCUT2D eigenvalue weighted by molar-refractivity contribution is -0.129. The lowest BCUT2D eigenvalue weighted by Gasteiger charge is -2.12. The molecule has 0 amide bonds. The van der Waals surface area contributed by atoms with Crippen LogP contribution in [0.2, 0.25) is 0 Å². The summed E-state index contributed by atoms with van der Waals surface area (Å²) in [4.78, 5) is 16.8. The fourth-order valence-electron chi connectivity index (χ4n) is 3.06. The minimum absolute atomic E-state index is 0.149. The molecule has 1 aliphatic rings. The lowest BCUT2D eigenvalue weighted by atomic mass is 10.1. The maximum absolute atomic E-state index is 12.4. The highest BCUT2D eigenvalue weighted by Crippen LogP contribution is 2.39. The molecule has 0 radical (unpaired) electrons. The quantitative estimate of drug-likeness (QED) is 0.444. The molecule has 8 nitrogen and oxygen atoms in total. The van der Waals surface area contributed by atoms with Crippen molar-refractivity contribution in [1.29, 1.82) is 0 Å². The summed E-state index contributed by atoms with van der Waals surface area (Å²) in [6, 6.07) is 8.71. The van der Waals surface area contributed by atoms with Gasteiger partial charge in [0.05, 0.1) is 34.5 Å². The second-order valence-corrected chi connectivity index (χ2v) is 6.32. The molecule has 0 fully saturated rings. The smallest absolute Gasteiger partial charge is 0.363 e. The van der Waals surface area contributed by atoms with Crippen molar-refractivity contribution in [3.63, 3.8) is 0 Å². The Morgan fingerprint density at radius 1 is 0.871 bits per heavy atom. The predicted molar refractivity (Wildman–Crippen MR) is 115 cm³/mol. The second-order valence-electron chi connectivity index (χ2n) is 6.32. The van der Waals surface area contributed by atoms with Crippen LogP contribution < -0.4 is 23.7 Å². The molecule has 31 heavy (non-hydrogen) atoms. The number of nitrogens with zero attached hydrogens (tertiary/aromatic N) is 1. The third-order valence-corrected chi connectivity index (χ3v) is 4.40. The SMILES string of the molecule is CCOc1ccc(C2=N/C(=C\c3cc(OC)c(OC)c(OC)c3)C(=O)O2)cc1OCC. The molecule has 0 unspecified atom stereocenters. The van der Waals surface area contributed by atoms with E-state index in [1.54, 1.807) is 36.4 Å². The third kappa shape index (κ3) is 4.74. The van der Waals surface area contributed by atoms with Crippen molar-refractivity contribution in [3.8, 4) is 28.7 Å². The number of rotatable bonds is 9. The van der Waals surface area contributed by atoms with E-state index in [2.05, 4.69) is 4.99 Å². The molecular formula is C23H25NO7. The van der Waals surface area contributed by atoms with Gasteiger partial charge < -0.3 is 28.4 Å². The first-order valence-corrected chi connectivity index (χ1v) is 9.77. The van der Waals surface area contributed by atoms with E-state index in [4.69, 9.17) is 28.4 Å². The molecule has 2 aromatic carbocycles. The number of hydrogen-bond acceptors (Lipinski definition) is 8. The maximum Gasteiger partial charge on any atom is 0.363 e. The maximum atomic E-state index is 12.4. The molecule has 0 saturated carbocycles. The van der Waals surface area contributed by atoms with Crippen LogP contribution in [-0.2, 0) is 9.53 Å². The van der Waals surface area contributed by atoms with E-state index in [1.165, 1.54) is 21.3 Å². The molecule has 0 atom stereocenters. The van der Waals surface area contributed by atoms with Crippen LogP contribution in [0.5, 0.6) is 28.7 Å². The molecule has 164 valence electrons. The van der Waals surface area contributed by atoms with Crippen molar-refractivity contribution in [1.82, 2.24) is 0 Å². The van der Waals surface area contributed by atoms with Gasteiger partial charge in [0.25, 0.3) is 0 Å². The first-order valence-electron chi connectivity index (χ1n) is 9.77. The standard InChI is InChI=1S/C23H25NO7/c1-6-29-17-9-8-15(13-18(17)30-7-2)22-24-16(23(25)31-22)10-14-11-19(26-3)21(28-5)20(12-14)27-4/h8-13H,6-7H2,1-5H3/b16-10-. The number of methoxy groups -OCH3 is 3. The number of carbonyl (C=O) groups is 1. The number of benzene rings is 2. The van der Waals surface area contributed by atoms with Gasteiger partial charge in [-0.2, -0.15) is 0 Å². The summed E-state index contributed by atoms with van der Waals surface area (Å²) in [5.74, 6) is 2.20. The van der Waals surface area contributed by atoms with Crippen molar-refractivity contribution >= 4 is 17.9 Å². The minimum atomic E-state index is -0.560. The minimum Gasteiger partial charge on any atom is -0.493 e. The fraction of sp³-hybridized carbons (Fsp3) is 0.304. The van der Waals surface area contributed by atoms with Crippen molar-refractivity contribution in [2.24, 2.45) is 4.99 Å². The van der Waals surface area contributed by atoms with E-state index < -0.39 is 5.97 Å². The van der Waals surface area contributed by atoms with Gasteiger partial charge in [0.15, 0.2) is 28.7 Å². The Balaban J connectivity index is 1.97. The number of esters is 1. The van der Waals surface area contributed by atoms with E-state index in [0.29, 0.717) is 53.1 Å². The van der Waals surface area contributed by atoms with E-state index in [1.807, 2.05) is 13.8 Å². The number of cyclic esters (lactones) is 1. The number of carbonyl (C=O) groups excluding carboxylic acids is 1. The Bertz CT molecular complexity index is 1000. The number of hydrogen-bond donors (Lipinski definition) is 0. The Labute approximate surface area is 181 Å². The molecule has 3 rings (SSSR count). The lowest BCUT2D eigenvalue weighted by Crippen LogP contribution is -2.06. The summed E-state index contributed by atoms with van der Waals surface area (Å²) in [7, 11) is 4.57. The van der Waals surface area contributed by atoms with E-state index in [0.717, 1.165) is 0 Å². The summed E-state index contributed by atoms with van der Waals surface area (Å²) >= 11 is 0. The number of aliphatic imine (C=N–C) groups is 1. The highest BCUT2D eigenvalue weighted by Gasteiger charge is 2.25. The Morgan fingerprint density at radius 2 is 1.52 bits per heavy atom. The number of ether oxygens (including phenoxy) is 6. The topological polar surface area (TPSA) is 84.8 Å². The molecule has 8 heteroatoms. The Morgan fingerprint density at radius 3 is 2.10 bits per heavy atom. The van der Waals surface area contributed by atoms with Crippen molar-refractivity contribution in [3.05, 3.63) is 47.2 Å². The monoisotopic (exact) mass is 427 g/mol. The highest BCUT2D eigenvalue weighted by molar-refractivity contribution is 6.13. The second kappa shape index (κ2) is 9.88. The van der Waals surface area contributed by atoms with Gasteiger partial charge >= 0.3 is 5.97 Å². The van der Waals surface area contributed by atoms with E-state index in [-0.39, 0.29) is 11.6 Å². The molecule has 0 bridgehead atoms. The predicted octanol–water partition coefficient (Wildman–Crippen LogP) is 3.85. The average molecular weight is 427 g/mol. The summed E-state index contributed by atoms with van der Waals surface area (Å²) in [5.41, 5.74) is 1.40. The molecule has 1 aliphatic heterocycles. The van der Waals surface area contributed by atoms with Crippen LogP contribution in [-0.4, -0.2) is 46.4 Å². The van der Waals surface area contributed by atoms with Crippen LogP contribution in [0.25, 0.3) is 6.08 Å². The van der Waals surface area contributed by atoms with Crippen LogP contribution in [0, 0.1) is 0 Å². The van der Waals surface area contributed by atoms with Crippen LogP contribution >= 0.6 is 0 Å². The van der Waals surface area contributed by atoms with E-state index >= 15 is 0 Å². The molecule has 2 aromatic rings. The van der Waals surface area contributed by atoms with Crippen molar-refractivity contribution in [2.75, 3.05) is 34.5 Å². The van der Waals surface area contributed by atoms with Crippen molar-refractivity contribution < 1.29 is 33.2 Å². The summed E-state index contributed by atoms with van der Waals surface area (Å²) < 4.78 is 32.6. The van der Waals surface area contributed by atoms with Crippen LogP contribution in [0.1, 0.15) is 25.0 Å². The molecule has 0 aromatic heterocycles. The average Bonchev–Trinajstić information content (AvgIpc) is 3.14. The fourth-order valence-corrected chi connectivity index (χ4v) is 3.06. The summed E-state index contributed by atoms with van der Waals surface area (Å²) in [6.07, 6.45) is 1.60. The highest BCUT2D eigenvalue weighted by atomic mass is 16.6. The molecule has 0 N–H and O–H groups in total. The Kier molecular flexibility index (Phi) is 7.02.